The van der Waals surface area contributed by atoms with Crippen LogP contribution in [0.4, 0.5) is 17.6 Å². The number of hydrogen-bond acceptors (Lipinski definition) is 6. The van der Waals surface area contributed by atoms with E-state index in [9.17, 15) is 0 Å². The van der Waals surface area contributed by atoms with E-state index in [1.807, 2.05) is 12.3 Å². The van der Waals surface area contributed by atoms with Crippen molar-refractivity contribution in [2.24, 2.45) is 5.41 Å². The van der Waals surface area contributed by atoms with Gasteiger partial charge in [-0.3, -0.25) is 5.10 Å². The molecule has 7 heteroatoms. The van der Waals surface area contributed by atoms with Crippen molar-refractivity contribution in [2.75, 3.05) is 43.4 Å². The Morgan fingerprint density at radius 3 is 2.88 bits per heavy atom. The molecule has 2 aliphatic rings. The molecule has 1 atom stereocenters. The van der Waals surface area contributed by atoms with Crippen LogP contribution in [0.25, 0.3) is 0 Å². The van der Waals surface area contributed by atoms with Gasteiger partial charge in [-0.05, 0) is 38.4 Å². The van der Waals surface area contributed by atoms with Crippen molar-refractivity contribution < 1.29 is 0 Å². The van der Waals surface area contributed by atoms with Crippen LogP contribution in [-0.4, -0.2) is 58.3 Å². The van der Waals surface area contributed by atoms with Crippen molar-refractivity contribution in [3.63, 3.8) is 0 Å². The zero-order valence-corrected chi connectivity index (χ0v) is 15.3. The smallest absolute Gasteiger partial charge is 0.227 e. The number of hydrogen-bond donors (Lipinski definition) is 2. The van der Waals surface area contributed by atoms with Gasteiger partial charge in [-0.1, -0.05) is 13.8 Å². The molecule has 1 unspecified atom stereocenters. The minimum atomic E-state index is 0.453. The third-order valence-corrected chi connectivity index (χ3v) is 5.60. The van der Waals surface area contributed by atoms with Gasteiger partial charge in [0.2, 0.25) is 5.95 Å². The van der Waals surface area contributed by atoms with E-state index in [-0.39, 0.29) is 0 Å². The molecule has 0 bridgehead atoms. The Morgan fingerprint density at radius 2 is 2.16 bits per heavy atom. The summed E-state index contributed by atoms with van der Waals surface area (Å²) >= 11 is 0. The summed E-state index contributed by atoms with van der Waals surface area (Å²) in [4.78, 5) is 13.8. The fraction of sp³-hybridized carbons (Fsp3) is 0.611. The van der Waals surface area contributed by atoms with Crippen LogP contribution in [0.2, 0.25) is 0 Å². The lowest BCUT2D eigenvalue weighted by atomic mass is 9.79. The minimum absolute atomic E-state index is 0.453. The van der Waals surface area contributed by atoms with Crippen LogP contribution >= 0.6 is 0 Å². The first kappa shape index (κ1) is 16.3. The van der Waals surface area contributed by atoms with Crippen molar-refractivity contribution in [1.29, 1.82) is 0 Å². The van der Waals surface area contributed by atoms with Gasteiger partial charge >= 0.3 is 0 Å². The molecule has 2 aliphatic heterocycles. The highest BCUT2D eigenvalue weighted by atomic mass is 15.3. The van der Waals surface area contributed by atoms with Crippen LogP contribution in [-0.2, 0) is 0 Å². The number of aromatic nitrogens is 4. The highest BCUT2D eigenvalue weighted by molar-refractivity contribution is 5.54. The zero-order valence-electron chi connectivity index (χ0n) is 15.3. The molecular formula is C18H27N7. The predicted molar refractivity (Wildman–Crippen MR) is 99.4 cm³/mol. The average Bonchev–Trinajstić information content (AvgIpc) is 3.20. The van der Waals surface area contributed by atoms with E-state index in [0.29, 0.717) is 11.3 Å². The van der Waals surface area contributed by atoms with Gasteiger partial charge < -0.3 is 15.1 Å². The lowest BCUT2D eigenvalue weighted by molar-refractivity contribution is 0.215. The summed E-state index contributed by atoms with van der Waals surface area (Å²) in [6.07, 6.45) is 4.19. The molecule has 0 aromatic carbocycles. The van der Waals surface area contributed by atoms with Gasteiger partial charge in [0, 0.05) is 43.0 Å². The molecule has 1 spiro atoms. The number of H-pyrrole nitrogens is 1. The molecule has 2 aromatic rings. The Balaban J connectivity index is 1.41. The molecular weight excluding hydrogens is 314 g/mol. The van der Waals surface area contributed by atoms with Crippen molar-refractivity contribution in [3.8, 4) is 0 Å². The summed E-state index contributed by atoms with van der Waals surface area (Å²) in [6.45, 7) is 8.88. The van der Waals surface area contributed by atoms with Crippen molar-refractivity contribution in [3.05, 3.63) is 24.0 Å². The second-order valence-electron chi connectivity index (χ2n) is 7.73. The van der Waals surface area contributed by atoms with E-state index in [0.717, 1.165) is 42.8 Å². The van der Waals surface area contributed by atoms with Gasteiger partial charge in [0.15, 0.2) is 5.82 Å². The van der Waals surface area contributed by atoms with Crippen molar-refractivity contribution in [2.45, 2.75) is 32.6 Å². The fourth-order valence-corrected chi connectivity index (χ4v) is 3.90. The van der Waals surface area contributed by atoms with Gasteiger partial charge in [0.05, 0.1) is 0 Å². The molecule has 25 heavy (non-hydrogen) atoms. The van der Waals surface area contributed by atoms with Gasteiger partial charge in [0.1, 0.15) is 5.82 Å². The minimum Gasteiger partial charge on any atom is -0.339 e. The molecule has 0 aliphatic carbocycles. The first-order valence-electron chi connectivity index (χ1n) is 9.16. The van der Waals surface area contributed by atoms with E-state index < -0.39 is 0 Å². The monoisotopic (exact) mass is 341 g/mol. The van der Waals surface area contributed by atoms with Crippen molar-refractivity contribution >= 4 is 17.6 Å². The molecule has 2 fully saturated rings. The normalized spacial score (nSPS) is 20.7. The summed E-state index contributed by atoms with van der Waals surface area (Å²) < 4.78 is 0. The number of nitrogens with zero attached hydrogens (tertiary/aromatic N) is 5. The maximum Gasteiger partial charge on any atom is 0.227 e. The zero-order chi connectivity index (χ0) is 17.4. The maximum absolute atomic E-state index is 4.67. The number of nitrogens with one attached hydrogen (secondary N) is 2. The molecule has 2 saturated heterocycles. The summed E-state index contributed by atoms with van der Waals surface area (Å²) in [5, 5.41) is 10.7. The molecule has 2 aromatic heterocycles. The van der Waals surface area contributed by atoms with Crippen molar-refractivity contribution in [1.82, 2.24) is 25.1 Å². The average molecular weight is 341 g/mol. The second-order valence-corrected chi connectivity index (χ2v) is 7.73. The molecule has 0 saturated carbocycles. The van der Waals surface area contributed by atoms with Crippen LogP contribution in [0.5, 0.6) is 0 Å². The van der Waals surface area contributed by atoms with Gasteiger partial charge in [-0.25, -0.2) is 4.98 Å². The molecule has 2 N–H and O–H groups in total. The van der Waals surface area contributed by atoms with Gasteiger partial charge in [0.25, 0.3) is 0 Å². The second kappa shape index (κ2) is 6.29. The summed E-state index contributed by atoms with van der Waals surface area (Å²) in [6, 6.07) is 3.95. The Kier molecular flexibility index (Phi) is 4.11. The van der Waals surface area contributed by atoms with E-state index in [1.54, 1.807) is 0 Å². The summed E-state index contributed by atoms with van der Waals surface area (Å²) in [5.74, 6) is 2.88. The molecule has 4 heterocycles. The van der Waals surface area contributed by atoms with E-state index >= 15 is 0 Å². The van der Waals surface area contributed by atoms with Crippen LogP contribution in [0.15, 0.2) is 18.3 Å². The summed E-state index contributed by atoms with van der Waals surface area (Å²) in [7, 11) is 2.20. The van der Waals surface area contributed by atoms with E-state index in [4.69, 9.17) is 0 Å². The van der Waals surface area contributed by atoms with Crippen LogP contribution < -0.4 is 10.2 Å². The van der Waals surface area contributed by atoms with E-state index in [2.05, 4.69) is 62.2 Å². The first-order chi connectivity index (χ1) is 12.1. The highest BCUT2D eigenvalue weighted by Gasteiger charge is 2.47. The van der Waals surface area contributed by atoms with Crippen LogP contribution in [0, 0.1) is 5.41 Å². The largest absolute Gasteiger partial charge is 0.339 e. The quantitative estimate of drug-likeness (QED) is 0.871. The lowest BCUT2D eigenvalue weighted by Gasteiger charge is -2.48. The molecule has 0 amide bonds. The third kappa shape index (κ3) is 3.20. The molecule has 0 radical (unpaired) electrons. The lowest BCUT2D eigenvalue weighted by Crippen LogP contribution is -2.58. The topological polar surface area (TPSA) is 73.0 Å². The standard InChI is InChI=1S/C18H27N7/c1-4-13(2)14-9-16(23-22-14)20-15-5-7-19-17(21-15)25-11-18(12-25)6-8-24(3)10-18/h5,7,9,13H,4,6,8,10-12H2,1-3H3,(H2,19,20,21,22,23). The Bertz CT molecular complexity index is 735. The molecule has 7 nitrogen and oxygen atoms in total. The highest BCUT2D eigenvalue weighted by Crippen LogP contribution is 2.40. The SMILES string of the molecule is CCC(C)c1cc(Nc2ccnc(N3CC4(CCN(C)C4)C3)n2)n[nH]1. The van der Waals surface area contributed by atoms with Crippen LogP contribution in [0.1, 0.15) is 38.3 Å². The van der Waals surface area contributed by atoms with Crippen LogP contribution in [0.3, 0.4) is 0 Å². The molecule has 4 rings (SSSR count). The number of rotatable bonds is 5. The maximum atomic E-state index is 4.67. The molecule has 134 valence electrons. The number of anilines is 3. The predicted octanol–water partition coefficient (Wildman–Crippen LogP) is 2.60. The Labute approximate surface area is 148 Å². The fourth-order valence-electron chi connectivity index (χ4n) is 3.90. The Morgan fingerprint density at radius 1 is 1.32 bits per heavy atom. The van der Waals surface area contributed by atoms with E-state index in [1.165, 1.54) is 19.5 Å². The van der Waals surface area contributed by atoms with Gasteiger partial charge in [-0.15, -0.1) is 0 Å². The van der Waals surface area contributed by atoms with Gasteiger partial charge in [-0.2, -0.15) is 10.1 Å². The third-order valence-electron chi connectivity index (χ3n) is 5.60. The first-order valence-corrected chi connectivity index (χ1v) is 9.16. The Hall–Kier alpha value is -2.15. The number of likely N-dealkylation sites (tertiary alicyclic amines) is 1. The summed E-state index contributed by atoms with van der Waals surface area (Å²) in [5.41, 5.74) is 1.60. The number of aromatic amines is 1.